The molecular weight excluding hydrogens is 420 g/mol. The van der Waals surface area contributed by atoms with Crippen LogP contribution in [0.15, 0.2) is 0 Å². The lowest BCUT2D eigenvalue weighted by molar-refractivity contribution is 0.0135. The Morgan fingerprint density at radius 3 is 2.87 bits per heavy atom. The van der Waals surface area contributed by atoms with E-state index in [-0.39, 0.29) is 19.1 Å². The molecule has 0 aliphatic carbocycles. The zero-order valence-corrected chi connectivity index (χ0v) is 18.8. The van der Waals surface area contributed by atoms with Crippen LogP contribution >= 0.6 is 11.3 Å². The van der Waals surface area contributed by atoms with Crippen molar-refractivity contribution in [3.05, 3.63) is 0 Å². The zero-order chi connectivity index (χ0) is 22.5. The fourth-order valence-electron chi connectivity index (χ4n) is 2.77. The number of aromatic nitrogens is 2. The van der Waals surface area contributed by atoms with Gasteiger partial charge < -0.3 is 19.1 Å². The Morgan fingerprint density at radius 1 is 1.29 bits per heavy atom. The van der Waals surface area contributed by atoms with E-state index in [0.29, 0.717) is 42.9 Å². The molecule has 1 aliphatic rings. The van der Waals surface area contributed by atoms with Gasteiger partial charge in [0.15, 0.2) is 6.23 Å². The number of hydrogen-bond acceptors (Lipinski definition) is 8. The minimum Gasteiger partial charge on any atom is -0.469 e. The van der Waals surface area contributed by atoms with Gasteiger partial charge in [0.25, 0.3) is 5.19 Å². The van der Waals surface area contributed by atoms with E-state index in [0.717, 1.165) is 30.6 Å². The van der Waals surface area contributed by atoms with Gasteiger partial charge in [-0.2, -0.15) is 0 Å². The number of ether oxygens (including phenoxy) is 3. The smallest absolute Gasteiger partial charge is 0.469 e. The highest BCUT2D eigenvalue weighted by molar-refractivity contribution is 7.17. The molecule has 1 unspecified atom stereocenters. The maximum Gasteiger partial charge on any atom is 0.510 e. The van der Waals surface area contributed by atoms with Crippen LogP contribution in [-0.4, -0.2) is 59.8 Å². The van der Waals surface area contributed by atoms with Crippen molar-refractivity contribution in [3.63, 3.8) is 0 Å². The van der Waals surface area contributed by atoms with Gasteiger partial charge in [-0.25, -0.2) is 14.5 Å². The summed E-state index contributed by atoms with van der Waals surface area (Å²) in [6.45, 7) is 5.40. The lowest BCUT2D eigenvalue weighted by Gasteiger charge is -2.38. The van der Waals surface area contributed by atoms with Gasteiger partial charge in [-0.05, 0) is 31.1 Å². The molecule has 2 amide bonds. The Hall–Kier alpha value is -2.98. The molecule has 1 fully saturated rings. The van der Waals surface area contributed by atoms with E-state index in [1.54, 1.807) is 11.8 Å². The standard InChI is InChI=1S/C21H28N4O5S/c1-4-7-10-11-13-24-14-12-17(30-21(27)29-16-9-6-3)25(20(24)26)18-22-23-19(31-18)28-15-8-5-2/h3,17H,5,8-16H2,1-2H3. The van der Waals surface area contributed by atoms with Crippen LogP contribution in [0.3, 0.4) is 0 Å². The summed E-state index contributed by atoms with van der Waals surface area (Å²) in [4.78, 5) is 28.2. The second kappa shape index (κ2) is 13.3. The van der Waals surface area contributed by atoms with Crippen LogP contribution in [0.2, 0.25) is 0 Å². The summed E-state index contributed by atoms with van der Waals surface area (Å²) in [5.74, 6) is 8.22. The SMILES string of the molecule is C#CCCOC(=O)OC1CCN(CCCC#CC)C(=O)N1c1nnc(OCCCC)s1. The molecule has 0 saturated carbocycles. The van der Waals surface area contributed by atoms with Crippen molar-refractivity contribution in [2.75, 3.05) is 31.2 Å². The van der Waals surface area contributed by atoms with E-state index < -0.39 is 12.4 Å². The number of anilines is 1. The van der Waals surface area contributed by atoms with Crippen LogP contribution in [0.5, 0.6) is 5.19 Å². The van der Waals surface area contributed by atoms with Crippen molar-refractivity contribution in [3.8, 4) is 29.4 Å². The molecule has 1 aliphatic heterocycles. The average molecular weight is 449 g/mol. The van der Waals surface area contributed by atoms with Gasteiger partial charge in [0, 0.05) is 32.4 Å². The molecule has 1 aromatic rings. The molecule has 0 radical (unpaired) electrons. The van der Waals surface area contributed by atoms with Crippen LogP contribution < -0.4 is 9.64 Å². The maximum absolute atomic E-state index is 13.2. The number of unbranched alkanes of at least 4 members (excludes halogenated alkanes) is 2. The third kappa shape index (κ3) is 7.65. The van der Waals surface area contributed by atoms with Crippen LogP contribution in [-0.2, 0) is 9.47 Å². The van der Waals surface area contributed by atoms with Gasteiger partial charge in [0.2, 0.25) is 5.13 Å². The number of amides is 2. The van der Waals surface area contributed by atoms with Crippen molar-refractivity contribution in [1.82, 2.24) is 15.1 Å². The van der Waals surface area contributed by atoms with Gasteiger partial charge in [0.1, 0.15) is 6.61 Å². The molecule has 0 aromatic carbocycles. The van der Waals surface area contributed by atoms with Crippen LogP contribution in [0.25, 0.3) is 0 Å². The largest absolute Gasteiger partial charge is 0.510 e. The number of nitrogens with zero attached hydrogens (tertiary/aromatic N) is 4. The fourth-order valence-corrected chi connectivity index (χ4v) is 3.53. The van der Waals surface area contributed by atoms with E-state index in [1.807, 2.05) is 0 Å². The molecule has 1 saturated heterocycles. The third-order valence-corrected chi connectivity index (χ3v) is 5.18. The molecule has 0 bridgehead atoms. The van der Waals surface area contributed by atoms with Gasteiger partial charge >= 0.3 is 12.2 Å². The van der Waals surface area contributed by atoms with Crippen molar-refractivity contribution < 1.29 is 23.8 Å². The van der Waals surface area contributed by atoms with Crippen molar-refractivity contribution in [2.45, 2.75) is 58.6 Å². The number of carbonyl (C=O) groups excluding carboxylic acids is 2. The second-order valence-electron chi connectivity index (χ2n) is 6.64. The highest BCUT2D eigenvalue weighted by atomic mass is 32.1. The molecule has 0 N–H and O–H groups in total. The summed E-state index contributed by atoms with van der Waals surface area (Å²) >= 11 is 1.13. The van der Waals surface area contributed by atoms with Gasteiger partial charge in [-0.15, -0.1) is 29.3 Å². The number of hydrogen-bond donors (Lipinski definition) is 0. The fraction of sp³-hybridized carbons (Fsp3) is 0.619. The Balaban J connectivity index is 2.11. The van der Waals surface area contributed by atoms with Crippen LogP contribution in [0.1, 0.15) is 52.4 Å². The molecule has 9 nitrogen and oxygen atoms in total. The first-order valence-corrected chi connectivity index (χ1v) is 11.1. The summed E-state index contributed by atoms with van der Waals surface area (Å²) in [5.41, 5.74) is 0. The summed E-state index contributed by atoms with van der Waals surface area (Å²) in [6, 6.07) is -0.312. The molecule has 2 heterocycles. The van der Waals surface area contributed by atoms with Crippen LogP contribution in [0.4, 0.5) is 14.7 Å². The first kappa shape index (κ1) is 24.3. The molecular formula is C21H28N4O5S. The van der Waals surface area contributed by atoms with Crippen molar-refractivity contribution in [1.29, 1.82) is 0 Å². The highest BCUT2D eigenvalue weighted by Gasteiger charge is 2.39. The number of terminal acetylenes is 1. The van der Waals surface area contributed by atoms with Crippen molar-refractivity contribution >= 4 is 28.7 Å². The van der Waals surface area contributed by atoms with E-state index in [9.17, 15) is 9.59 Å². The predicted octanol–water partition coefficient (Wildman–Crippen LogP) is 3.66. The van der Waals surface area contributed by atoms with Crippen molar-refractivity contribution in [2.24, 2.45) is 0 Å². The van der Waals surface area contributed by atoms with Gasteiger partial charge in [-0.3, -0.25) is 0 Å². The van der Waals surface area contributed by atoms with E-state index in [2.05, 4.69) is 34.9 Å². The molecule has 168 valence electrons. The predicted molar refractivity (Wildman–Crippen MR) is 117 cm³/mol. The van der Waals surface area contributed by atoms with Crippen LogP contribution in [0, 0.1) is 24.2 Å². The van der Waals surface area contributed by atoms with E-state index in [1.165, 1.54) is 4.90 Å². The van der Waals surface area contributed by atoms with E-state index >= 15 is 0 Å². The lowest BCUT2D eigenvalue weighted by Crippen LogP contribution is -2.56. The summed E-state index contributed by atoms with van der Waals surface area (Å²) in [6.07, 6.45) is 7.45. The molecule has 2 rings (SSSR count). The minimum atomic E-state index is -0.881. The number of rotatable bonds is 11. The van der Waals surface area contributed by atoms with Gasteiger partial charge in [0.05, 0.1) is 6.61 Å². The molecule has 31 heavy (non-hydrogen) atoms. The quantitative estimate of drug-likeness (QED) is 0.290. The van der Waals surface area contributed by atoms with E-state index in [4.69, 9.17) is 20.6 Å². The maximum atomic E-state index is 13.2. The Labute approximate surface area is 187 Å². The number of urea groups is 1. The van der Waals surface area contributed by atoms with Gasteiger partial charge in [-0.1, -0.05) is 18.4 Å². The zero-order valence-electron chi connectivity index (χ0n) is 18.0. The average Bonchev–Trinajstić information content (AvgIpc) is 3.21. The monoisotopic (exact) mass is 448 g/mol. The minimum absolute atomic E-state index is 0.0504. The Kier molecular flexibility index (Phi) is 10.5. The number of carbonyl (C=O) groups is 2. The normalized spacial score (nSPS) is 15.6. The Morgan fingerprint density at radius 2 is 2.13 bits per heavy atom. The summed E-state index contributed by atoms with van der Waals surface area (Å²) < 4.78 is 15.9. The Bertz CT molecular complexity index is 826. The topological polar surface area (TPSA) is 94.1 Å². The second-order valence-corrected chi connectivity index (χ2v) is 7.55. The molecule has 1 aromatic heterocycles. The summed E-state index contributed by atoms with van der Waals surface area (Å²) in [5, 5.41) is 8.76. The highest BCUT2D eigenvalue weighted by Crippen LogP contribution is 2.32. The third-order valence-electron chi connectivity index (χ3n) is 4.34. The molecule has 1 atom stereocenters. The first-order valence-electron chi connectivity index (χ1n) is 10.3. The molecule has 10 heteroatoms. The first-order chi connectivity index (χ1) is 15.1. The lowest BCUT2D eigenvalue weighted by atomic mass is 10.2. The summed E-state index contributed by atoms with van der Waals surface area (Å²) in [7, 11) is 0. The molecule has 0 spiro atoms.